The highest BCUT2D eigenvalue weighted by Gasteiger charge is 2.30. The molecule has 0 aromatic carbocycles. The number of rotatable bonds is 9. The largest absolute Gasteiger partial charge is 0.351 e. The van der Waals surface area contributed by atoms with Crippen LogP contribution in [-0.4, -0.2) is 33.3 Å². The highest BCUT2D eigenvalue weighted by Crippen LogP contribution is 2.31. The Bertz CT molecular complexity index is 1070. The van der Waals surface area contributed by atoms with Gasteiger partial charge < -0.3 is 14.8 Å². The molecule has 3 rings (SSSR count). The molecule has 1 saturated heterocycles. The van der Waals surface area contributed by atoms with E-state index in [1.807, 2.05) is 39.0 Å². The molecule has 0 aliphatic carbocycles. The van der Waals surface area contributed by atoms with Gasteiger partial charge in [0.1, 0.15) is 17.6 Å². The number of Topliss-reactive ketones (excluding diaryl/α,β-unsaturated/α-hetero) is 1. The van der Waals surface area contributed by atoms with Crippen LogP contribution < -0.4 is 15.8 Å². The molecule has 0 unspecified atom stereocenters. The van der Waals surface area contributed by atoms with Crippen molar-refractivity contribution in [2.75, 3.05) is 4.90 Å². The van der Waals surface area contributed by atoms with Crippen LogP contribution in [0.3, 0.4) is 0 Å². The molecule has 4 atom stereocenters. The maximum absolute atomic E-state index is 13.5. The van der Waals surface area contributed by atoms with E-state index in [0.29, 0.717) is 18.5 Å². The third-order valence-electron chi connectivity index (χ3n) is 6.63. The van der Waals surface area contributed by atoms with Crippen molar-refractivity contribution >= 4 is 17.5 Å². The fourth-order valence-electron chi connectivity index (χ4n) is 4.89. The van der Waals surface area contributed by atoms with Crippen LogP contribution in [0.15, 0.2) is 41.5 Å². The number of nitrogens with zero attached hydrogens (tertiary/aromatic N) is 3. The first-order valence-corrected chi connectivity index (χ1v) is 12.3. The molecule has 0 saturated carbocycles. The first-order valence-electron chi connectivity index (χ1n) is 12.3. The maximum Gasteiger partial charge on any atom is 0.251 e. The van der Waals surface area contributed by atoms with Gasteiger partial charge in [-0.3, -0.25) is 14.4 Å². The lowest BCUT2D eigenvalue weighted by Crippen LogP contribution is -2.40. The predicted octanol–water partition coefficient (Wildman–Crippen LogP) is 4.35. The van der Waals surface area contributed by atoms with Crippen molar-refractivity contribution in [3.63, 3.8) is 0 Å². The highest BCUT2D eigenvalue weighted by atomic mass is 16.2. The molecule has 1 N–H and O–H groups in total. The molecule has 184 valence electrons. The second-order valence-electron chi connectivity index (χ2n) is 10.2. The number of pyridine rings is 2. The third-order valence-corrected chi connectivity index (χ3v) is 6.63. The topological polar surface area (TPSA) is 84.3 Å². The molecular weight excluding hydrogens is 428 g/mol. The van der Waals surface area contributed by atoms with E-state index in [-0.39, 0.29) is 29.6 Å². The number of anilines is 1. The molecule has 1 amide bonds. The summed E-state index contributed by atoms with van der Waals surface area (Å²) in [6, 6.07) is 6.87. The molecule has 3 heterocycles. The van der Waals surface area contributed by atoms with Gasteiger partial charge in [-0.05, 0) is 82.2 Å². The van der Waals surface area contributed by atoms with Crippen molar-refractivity contribution in [3.05, 3.63) is 58.1 Å². The smallest absolute Gasteiger partial charge is 0.251 e. The Morgan fingerprint density at radius 1 is 1.15 bits per heavy atom. The van der Waals surface area contributed by atoms with E-state index >= 15 is 0 Å². The number of aromatic nitrogens is 2. The van der Waals surface area contributed by atoms with Crippen molar-refractivity contribution in [2.24, 2.45) is 5.92 Å². The van der Waals surface area contributed by atoms with Gasteiger partial charge >= 0.3 is 0 Å². The van der Waals surface area contributed by atoms with Gasteiger partial charge in [0.15, 0.2) is 0 Å². The lowest BCUT2D eigenvalue weighted by molar-refractivity contribution is -0.126. The molecule has 2 aromatic heterocycles. The first-order chi connectivity index (χ1) is 16.1. The number of hydrogen-bond donors (Lipinski definition) is 1. The summed E-state index contributed by atoms with van der Waals surface area (Å²) in [5.74, 6) is 0.804. The highest BCUT2D eigenvalue weighted by molar-refractivity contribution is 5.82. The predicted molar refractivity (Wildman–Crippen MR) is 135 cm³/mol. The molecule has 1 aliphatic heterocycles. The zero-order chi connectivity index (χ0) is 25.0. The molecule has 1 aliphatic rings. The lowest BCUT2D eigenvalue weighted by atomic mass is 9.99. The fourth-order valence-corrected chi connectivity index (χ4v) is 4.89. The number of ketones is 1. The van der Waals surface area contributed by atoms with Gasteiger partial charge in [0.05, 0.1) is 6.04 Å². The summed E-state index contributed by atoms with van der Waals surface area (Å²) >= 11 is 0. The quantitative estimate of drug-likeness (QED) is 0.594. The summed E-state index contributed by atoms with van der Waals surface area (Å²) < 4.78 is 1.50. The van der Waals surface area contributed by atoms with Crippen LogP contribution >= 0.6 is 0 Å². The van der Waals surface area contributed by atoms with Crippen LogP contribution in [0.2, 0.25) is 0 Å². The molecule has 2 aromatic rings. The molecule has 0 radical (unpaired) electrons. The van der Waals surface area contributed by atoms with Gasteiger partial charge in [0.25, 0.3) is 5.56 Å². The molecule has 7 heteroatoms. The van der Waals surface area contributed by atoms with E-state index in [1.54, 1.807) is 18.5 Å². The minimum atomic E-state index is -0.650. The van der Waals surface area contributed by atoms with E-state index in [4.69, 9.17) is 0 Å². The number of carbonyl (C=O) groups excluding carboxylic acids is 2. The number of carbonyl (C=O) groups is 2. The van der Waals surface area contributed by atoms with E-state index in [2.05, 4.69) is 29.0 Å². The maximum atomic E-state index is 13.5. The van der Waals surface area contributed by atoms with Crippen LogP contribution in [-0.2, 0) is 9.59 Å². The van der Waals surface area contributed by atoms with Crippen LogP contribution in [0.4, 0.5) is 5.82 Å². The van der Waals surface area contributed by atoms with E-state index < -0.39 is 12.1 Å². The Balaban J connectivity index is 1.92. The molecule has 0 bridgehead atoms. The summed E-state index contributed by atoms with van der Waals surface area (Å²) in [6.45, 7) is 11.8. The summed E-state index contributed by atoms with van der Waals surface area (Å²) in [5, 5.41) is 3.08. The van der Waals surface area contributed by atoms with Crippen LogP contribution in [0.1, 0.15) is 83.5 Å². The number of amides is 1. The number of aryl methyl sites for hydroxylation is 1. The lowest BCUT2D eigenvalue weighted by Gasteiger charge is -2.29. The van der Waals surface area contributed by atoms with Crippen molar-refractivity contribution in [3.8, 4) is 0 Å². The molecule has 7 nitrogen and oxygen atoms in total. The van der Waals surface area contributed by atoms with Crippen molar-refractivity contribution in [1.29, 1.82) is 0 Å². The van der Waals surface area contributed by atoms with Crippen LogP contribution in [0.5, 0.6) is 0 Å². The fraction of sp³-hybridized carbons (Fsp3) is 0.556. The molecule has 1 fully saturated rings. The Morgan fingerprint density at radius 2 is 1.82 bits per heavy atom. The van der Waals surface area contributed by atoms with Gasteiger partial charge in [-0.2, -0.15) is 0 Å². The Hall–Kier alpha value is -2.96. The summed E-state index contributed by atoms with van der Waals surface area (Å²) in [4.78, 5) is 45.2. The molecular formula is C27H38N4O3. The minimum absolute atomic E-state index is 0.0144. The Morgan fingerprint density at radius 3 is 2.41 bits per heavy atom. The molecule has 34 heavy (non-hydrogen) atoms. The summed E-state index contributed by atoms with van der Waals surface area (Å²) in [5.41, 5.74) is 1.50. The second-order valence-corrected chi connectivity index (χ2v) is 10.2. The van der Waals surface area contributed by atoms with Gasteiger partial charge in [-0.25, -0.2) is 4.98 Å². The Labute approximate surface area is 202 Å². The summed E-state index contributed by atoms with van der Waals surface area (Å²) in [6.07, 6.45) is 6.36. The van der Waals surface area contributed by atoms with Crippen LogP contribution in [0.25, 0.3) is 0 Å². The molecule has 0 spiro atoms. The standard InChI is InChI=1S/C27H38N4O3/c1-17(2)13-24(30-12-10-18(3)14-26(30)33)27(34)29-23(15-21(6)32)22-9-11-28-25(16-22)31-19(4)7-8-20(31)5/h9-12,14,16-17,19-20,23-24H,7-8,13,15H2,1-6H3,(H,29,34)/t19-,20+,23-,24-/m0/s1. The van der Waals surface area contributed by atoms with Crippen molar-refractivity contribution in [1.82, 2.24) is 14.9 Å². The van der Waals surface area contributed by atoms with Crippen molar-refractivity contribution < 1.29 is 9.59 Å². The van der Waals surface area contributed by atoms with E-state index in [1.165, 1.54) is 11.5 Å². The SMILES string of the molecule is CC(=O)C[C@H](NC(=O)[C@H](CC(C)C)n1ccc(C)cc1=O)c1ccnc(N2[C@H](C)CC[C@@H]2C)c1. The van der Waals surface area contributed by atoms with Gasteiger partial charge in [-0.1, -0.05) is 13.8 Å². The van der Waals surface area contributed by atoms with Gasteiger partial charge in [0.2, 0.25) is 5.91 Å². The number of nitrogens with one attached hydrogen (secondary N) is 1. The monoisotopic (exact) mass is 466 g/mol. The average Bonchev–Trinajstić information content (AvgIpc) is 3.09. The van der Waals surface area contributed by atoms with Crippen molar-refractivity contribution in [2.45, 2.75) is 91.4 Å². The first kappa shape index (κ1) is 25.7. The van der Waals surface area contributed by atoms with Gasteiger partial charge in [0, 0.05) is 37.0 Å². The zero-order valence-electron chi connectivity index (χ0n) is 21.2. The number of hydrogen-bond acceptors (Lipinski definition) is 5. The normalized spacial score (nSPS) is 19.8. The minimum Gasteiger partial charge on any atom is -0.351 e. The zero-order valence-corrected chi connectivity index (χ0v) is 21.2. The average molecular weight is 467 g/mol. The van der Waals surface area contributed by atoms with E-state index in [9.17, 15) is 14.4 Å². The van der Waals surface area contributed by atoms with Crippen LogP contribution in [0, 0.1) is 12.8 Å². The second kappa shape index (κ2) is 11.0. The summed E-state index contributed by atoms with van der Waals surface area (Å²) in [7, 11) is 0. The Kier molecular flexibility index (Phi) is 8.28. The third kappa shape index (κ3) is 6.13. The van der Waals surface area contributed by atoms with Gasteiger partial charge in [-0.15, -0.1) is 0 Å². The van der Waals surface area contributed by atoms with E-state index in [0.717, 1.165) is 29.8 Å².